The third-order valence-electron chi connectivity index (χ3n) is 11.0. The van der Waals surface area contributed by atoms with E-state index in [1.807, 2.05) is 95.9 Å². The Kier molecular flexibility index (Phi) is 14.0. The number of nitrogens with one attached hydrogen (secondary N) is 2. The lowest BCUT2D eigenvalue weighted by Gasteiger charge is -2.41. The molecule has 0 aliphatic carbocycles. The number of benzene rings is 3. The van der Waals surface area contributed by atoms with Crippen molar-refractivity contribution in [1.82, 2.24) is 15.5 Å². The summed E-state index contributed by atoms with van der Waals surface area (Å²) in [5.41, 5.74) is 2.89. The number of anilines is 1. The fourth-order valence-corrected chi connectivity index (χ4v) is 9.52. The molecule has 2 N–H and O–H groups in total. The molecule has 3 aromatic rings. The molecule has 0 spiro atoms. The average Bonchev–Trinajstić information content (AvgIpc) is 3.46. The van der Waals surface area contributed by atoms with Gasteiger partial charge in [0, 0.05) is 31.2 Å². The fourth-order valence-electron chi connectivity index (χ4n) is 8.11. The van der Waals surface area contributed by atoms with Crippen LogP contribution in [0.3, 0.4) is 0 Å². The lowest BCUT2D eigenvalue weighted by atomic mass is 9.86. The van der Waals surface area contributed by atoms with Crippen LogP contribution in [-0.4, -0.2) is 78.0 Å². The number of rotatable bonds is 14. The van der Waals surface area contributed by atoms with Gasteiger partial charge in [-0.2, -0.15) is 0 Å². The zero-order valence-corrected chi connectivity index (χ0v) is 31.7. The monoisotopic (exact) mass is 738 g/mol. The molecule has 9 nitrogen and oxygen atoms in total. The highest BCUT2D eigenvalue weighted by atomic mass is 32.2. The van der Waals surface area contributed by atoms with Crippen molar-refractivity contribution < 1.29 is 23.9 Å². The van der Waals surface area contributed by atoms with Gasteiger partial charge in [-0.3, -0.25) is 19.2 Å². The molecule has 3 aliphatic heterocycles. The predicted molar refractivity (Wildman–Crippen MR) is 210 cm³/mol. The van der Waals surface area contributed by atoms with Crippen LogP contribution in [0, 0.1) is 11.8 Å². The van der Waals surface area contributed by atoms with E-state index in [-0.39, 0.29) is 35.0 Å². The van der Waals surface area contributed by atoms with Gasteiger partial charge >= 0.3 is 0 Å². The number of thioether (sulfide) groups is 1. The number of piperidine rings is 1. The number of carbonyl (C=O) groups is 4. The highest BCUT2D eigenvalue weighted by Crippen LogP contribution is 2.35. The topological polar surface area (TPSA) is 108 Å². The Bertz CT molecular complexity index is 1640. The Morgan fingerprint density at radius 3 is 1.87 bits per heavy atom. The molecule has 6 unspecified atom stereocenters. The summed E-state index contributed by atoms with van der Waals surface area (Å²) >= 11 is 1.80. The number of hydrogen-bond acceptors (Lipinski definition) is 6. The van der Waals surface area contributed by atoms with Gasteiger partial charge in [0.25, 0.3) is 0 Å². The van der Waals surface area contributed by atoms with Crippen molar-refractivity contribution in [2.24, 2.45) is 11.8 Å². The largest absolute Gasteiger partial charge is 0.383 e. The van der Waals surface area contributed by atoms with Crippen LogP contribution in [0.25, 0.3) is 0 Å². The first-order valence-electron chi connectivity index (χ1n) is 19.4. The fraction of sp³-hybridized carbons (Fsp3) is 0.488. The Balaban J connectivity index is 1.19. The van der Waals surface area contributed by atoms with Crippen LogP contribution in [0.5, 0.6) is 0 Å². The normalized spacial score (nSPS) is 23.3. The van der Waals surface area contributed by atoms with E-state index >= 15 is 0 Å². The summed E-state index contributed by atoms with van der Waals surface area (Å²) in [6.45, 7) is 1.11. The van der Waals surface area contributed by atoms with E-state index in [1.165, 1.54) is 0 Å². The van der Waals surface area contributed by atoms with E-state index in [0.29, 0.717) is 51.7 Å². The zero-order valence-electron chi connectivity index (χ0n) is 30.9. The molecule has 0 radical (unpaired) electrons. The lowest BCUT2D eigenvalue weighted by molar-refractivity contribution is -0.142. The molecule has 3 heterocycles. The van der Waals surface area contributed by atoms with Gasteiger partial charge in [0.1, 0.15) is 12.1 Å². The molecule has 53 heavy (non-hydrogen) atoms. The molecule has 3 aliphatic rings. The van der Waals surface area contributed by atoms with Crippen molar-refractivity contribution in [3.05, 3.63) is 102 Å². The smallest absolute Gasteiger partial charge is 0.249 e. The quantitative estimate of drug-likeness (QED) is 0.205. The zero-order chi connectivity index (χ0) is 37.0. The minimum absolute atomic E-state index is 0.00809. The van der Waals surface area contributed by atoms with Crippen molar-refractivity contribution in [1.29, 1.82) is 0 Å². The first-order chi connectivity index (χ1) is 25.9. The van der Waals surface area contributed by atoms with Crippen molar-refractivity contribution in [3.8, 4) is 0 Å². The molecule has 6 rings (SSSR count). The summed E-state index contributed by atoms with van der Waals surface area (Å²) in [6.07, 6.45) is 7.67. The van der Waals surface area contributed by atoms with Gasteiger partial charge < -0.3 is 25.2 Å². The summed E-state index contributed by atoms with van der Waals surface area (Å²) < 4.78 is 5.50. The third-order valence-corrected chi connectivity index (χ3v) is 12.3. The molecule has 3 saturated heterocycles. The molecule has 10 heteroatoms. The van der Waals surface area contributed by atoms with Crippen molar-refractivity contribution in [2.45, 2.75) is 94.1 Å². The first-order valence-corrected chi connectivity index (χ1v) is 20.4. The van der Waals surface area contributed by atoms with Crippen LogP contribution in [0.1, 0.15) is 68.9 Å². The molecule has 282 valence electrons. The second-order valence-electron chi connectivity index (χ2n) is 14.7. The van der Waals surface area contributed by atoms with E-state index < -0.39 is 23.9 Å². The summed E-state index contributed by atoms with van der Waals surface area (Å²) in [6, 6.07) is 28.3. The molecule has 6 atom stereocenters. The van der Waals surface area contributed by atoms with Crippen molar-refractivity contribution in [2.75, 3.05) is 30.9 Å². The van der Waals surface area contributed by atoms with Gasteiger partial charge in [0.05, 0.1) is 18.0 Å². The maximum absolute atomic E-state index is 14.3. The Morgan fingerprint density at radius 2 is 1.28 bits per heavy atom. The second-order valence-corrected chi connectivity index (χ2v) is 16.0. The maximum Gasteiger partial charge on any atom is 0.249 e. The first kappa shape index (κ1) is 38.6. The number of hydrogen-bond donors (Lipinski definition) is 2. The van der Waals surface area contributed by atoms with Gasteiger partial charge in [-0.05, 0) is 99.6 Å². The number of carbonyl (C=O) groups excluding carboxylic acids is 4. The molecule has 0 aromatic heterocycles. The molecule has 0 saturated carbocycles. The number of fused-ring (bicyclic) bond motifs is 1. The minimum Gasteiger partial charge on any atom is -0.383 e. The van der Waals surface area contributed by atoms with Crippen LogP contribution in [0.4, 0.5) is 5.69 Å². The van der Waals surface area contributed by atoms with Gasteiger partial charge in [0.2, 0.25) is 23.6 Å². The number of nitrogens with zero attached hydrogens (tertiary/aromatic N) is 2. The van der Waals surface area contributed by atoms with Crippen LogP contribution in [-0.2, 0) is 36.8 Å². The molecular formula is C43H54N4O5S. The highest BCUT2D eigenvalue weighted by Gasteiger charge is 2.41. The molecular weight excluding hydrogens is 685 g/mol. The van der Waals surface area contributed by atoms with E-state index in [9.17, 15) is 19.2 Å². The highest BCUT2D eigenvalue weighted by molar-refractivity contribution is 7.99. The molecule has 3 aromatic carbocycles. The Hall–Kier alpha value is -4.15. The van der Waals surface area contributed by atoms with Crippen LogP contribution in [0.2, 0.25) is 0 Å². The summed E-state index contributed by atoms with van der Waals surface area (Å²) in [7, 11) is 1.67. The number of amides is 4. The van der Waals surface area contributed by atoms with Crippen LogP contribution in [0.15, 0.2) is 91.0 Å². The third kappa shape index (κ3) is 10.3. The van der Waals surface area contributed by atoms with E-state index in [1.54, 1.807) is 23.8 Å². The SMILES string of the molecule is COCC1CCCC2SCCC(NC(=O)C(CCC(Cc3ccccc3)C(=O)NC3CCCCN(c4ccccc4)C3=O)Cc3ccccc3)C(=O)N12. The summed E-state index contributed by atoms with van der Waals surface area (Å²) in [5, 5.41) is 6.46. The Morgan fingerprint density at radius 1 is 0.717 bits per heavy atom. The molecule has 3 fully saturated rings. The summed E-state index contributed by atoms with van der Waals surface area (Å²) in [5.74, 6) is -0.549. The lowest BCUT2D eigenvalue weighted by Crippen LogP contribution is -2.56. The van der Waals surface area contributed by atoms with Crippen LogP contribution >= 0.6 is 11.8 Å². The summed E-state index contributed by atoms with van der Waals surface area (Å²) in [4.78, 5) is 60.2. The maximum atomic E-state index is 14.3. The van der Waals surface area contributed by atoms with Crippen molar-refractivity contribution in [3.63, 3.8) is 0 Å². The average molecular weight is 739 g/mol. The van der Waals surface area contributed by atoms with Gasteiger partial charge in [-0.1, -0.05) is 78.9 Å². The minimum atomic E-state index is -0.619. The number of para-hydroxylation sites is 1. The van der Waals surface area contributed by atoms with Gasteiger partial charge in [0.15, 0.2) is 0 Å². The van der Waals surface area contributed by atoms with Crippen molar-refractivity contribution >= 4 is 41.1 Å². The van der Waals surface area contributed by atoms with E-state index in [4.69, 9.17) is 4.74 Å². The standard InChI is InChI=1S/C43H54N4O5S/c1-52-30-36-20-13-22-39-47(36)43(51)38(25-27-53-39)45-41(49)34(29-32-16-7-3-8-17-32)24-23-33(28-31-14-5-2-6-15-31)40(48)44-37-21-11-12-26-46(42(37)50)35-18-9-4-10-19-35/h2-10,14-19,33-34,36-39H,11-13,20-30H2,1H3,(H,44,48)(H,45,49). The van der Waals surface area contributed by atoms with Gasteiger partial charge in [-0.25, -0.2) is 0 Å². The number of methoxy groups -OCH3 is 1. The van der Waals surface area contributed by atoms with Gasteiger partial charge in [-0.15, -0.1) is 11.8 Å². The predicted octanol–water partition coefficient (Wildman–Crippen LogP) is 6.16. The van der Waals surface area contributed by atoms with E-state index in [2.05, 4.69) is 10.6 Å². The Labute approximate surface area is 318 Å². The van der Waals surface area contributed by atoms with Crippen LogP contribution < -0.4 is 15.5 Å². The molecule has 0 bridgehead atoms. The second kappa shape index (κ2) is 19.3. The number of ether oxygens (including phenoxy) is 1. The molecule has 4 amide bonds. The van der Waals surface area contributed by atoms with E-state index in [0.717, 1.165) is 54.7 Å².